The molecule has 6 atom stereocenters. The van der Waals surface area contributed by atoms with Gasteiger partial charge in [0, 0.05) is 25.7 Å². The van der Waals surface area contributed by atoms with E-state index in [1.807, 2.05) is 0 Å². The maximum atomic E-state index is 13.0. The summed E-state index contributed by atoms with van der Waals surface area (Å²) in [5.74, 6) is -0.571. The smallest absolute Gasteiger partial charge is 0.462 e. The molecular formula is C63H122O17P2. The second kappa shape index (κ2) is 55.6. The van der Waals surface area contributed by atoms with E-state index in [0.29, 0.717) is 25.7 Å². The molecule has 3 unspecified atom stereocenters. The molecule has 0 saturated heterocycles. The molecule has 0 aliphatic carbocycles. The first-order chi connectivity index (χ1) is 39.4. The maximum Gasteiger partial charge on any atom is 0.472 e. The molecule has 0 fully saturated rings. The lowest BCUT2D eigenvalue weighted by Crippen LogP contribution is -2.30. The average Bonchev–Trinajstić information content (AvgIpc) is 3.44. The Hall–Kier alpha value is -1.94. The van der Waals surface area contributed by atoms with Gasteiger partial charge in [-0.15, -0.1) is 0 Å². The Kier molecular flexibility index (Phi) is 54.3. The largest absolute Gasteiger partial charge is 0.472 e. The van der Waals surface area contributed by atoms with Crippen LogP contribution in [0.3, 0.4) is 0 Å². The van der Waals surface area contributed by atoms with E-state index in [1.54, 1.807) is 0 Å². The zero-order valence-electron chi connectivity index (χ0n) is 52.8. The van der Waals surface area contributed by atoms with Gasteiger partial charge < -0.3 is 33.8 Å². The first kappa shape index (κ1) is 80.1. The van der Waals surface area contributed by atoms with Crippen LogP contribution < -0.4 is 0 Å². The van der Waals surface area contributed by atoms with Crippen molar-refractivity contribution in [1.29, 1.82) is 0 Å². The highest BCUT2D eigenvalue weighted by Gasteiger charge is 2.30. The van der Waals surface area contributed by atoms with Gasteiger partial charge in [0.1, 0.15) is 19.3 Å². The summed E-state index contributed by atoms with van der Waals surface area (Å²) in [5.41, 5.74) is 0. The number of hydrogen-bond acceptors (Lipinski definition) is 15. The molecule has 0 aliphatic rings. The molecule has 486 valence electrons. The lowest BCUT2D eigenvalue weighted by atomic mass is 9.99. The number of carbonyl (C=O) groups is 4. The predicted molar refractivity (Wildman–Crippen MR) is 326 cm³/mol. The number of aliphatic hydroxyl groups is 1. The van der Waals surface area contributed by atoms with E-state index >= 15 is 0 Å². The van der Waals surface area contributed by atoms with Crippen molar-refractivity contribution in [2.75, 3.05) is 39.6 Å². The molecule has 0 aromatic rings. The van der Waals surface area contributed by atoms with Crippen molar-refractivity contribution < 1.29 is 80.2 Å². The Labute approximate surface area is 498 Å². The quantitative estimate of drug-likeness (QED) is 0.0222. The molecule has 3 N–H and O–H groups in total. The average molecular weight is 1210 g/mol. The van der Waals surface area contributed by atoms with Gasteiger partial charge in [-0.3, -0.25) is 37.3 Å². The number of phosphoric acid groups is 2. The minimum atomic E-state index is -4.94. The summed E-state index contributed by atoms with van der Waals surface area (Å²) < 4.78 is 67.6. The second-order valence-corrected chi connectivity index (χ2v) is 26.4. The Bertz CT molecular complexity index is 1620. The monoisotopic (exact) mass is 1210 g/mol. The van der Waals surface area contributed by atoms with E-state index in [2.05, 4.69) is 41.5 Å². The van der Waals surface area contributed by atoms with Crippen LogP contribution >= 0.6 is 15.6 Å². The summed E-state index contributed by atoms with van der Waals surface area (Å²) in [7, 11) is -9.87. The van der Waals surface area contributed by atoms with Crippen molar-refractivity contribution in [3.8, 4) is 0 Å². The SMILES string of the molecule is CCCCCCCCCC(=O)O[C@H](COC(=O)CCCCCCC)COP(=O)(O)OC[C@H](O)COP(=O)(O)OC[C@@H](COC(=O)CCCCCCCCCCC(C)CC)OC(=O)CCCCCCCCCCCCCCCCCC(C)C. The molecule has 19 heteroatoms. The Morgan fingerprint density at radius 3 is 0.927 bits per heavy atom. The number of aliphatic hydroxyl groups excluding tert-OH is 1. The molecule has 0 amide bonds. The predicted octanol–water partition coefficient (Wildman–Crippen LogP) is 17.3. The van der Waals surface area contributed by atoms with Gasteiger partial charge in [0.2, 0.25) is 0 Å². The van der Waals surface area contributed by atoms with Crippen molar-refractivity contribution >= 4 is 39.5 Å². The molecular weight excluding hydrogens is 1090 g/mol. The fraction of sp³-hybridized carbons (Fsp3) is 0.937. The molecule has 0 bridgehead atoms. The number of hydrogen-bond donors (Lipinski definition) is 3. The van der Waals surface area contributed by atoms with Crippen LogP contribution in [0.25, 0.3) is 0 Å². The summed E-state index contributed by atoms with van der Waals surface area (Å²) in [6, 6.07) is 0. The van der Waals surface area contributed by atoms with E-state index in [1.165, 1.54) is 109 Å². The molecule has 0 aromatic carbocycles. The van der Waals surface area contributed by atoms with Crippen LogP contribution in [0.5, 0.6) is 0 Å². The zero-order valence-corrected chi connectivity index (χ0v) is 54.6. The molecule has 82 heavy (non-hydrogen) atoms. The molecule has 0 spiro atoms. The van der Waals surface area contributed by atoms with Gasteiger partial charge in [-0.2, -0.15) is 0 Å². The highest BCUT2D eigenvalue weighted by molar-refractivity contribution is 7.47. The third kappa shape index (κ3) is 55.9. The molecule has 0 rings (SSSR count). The van der Waals surface area contributed by atoms with Gasteiger partial charge >= 0.3 is 39.5 Å². The summed E-state index contributed by atoms with van der Waals surface area (Å²) in [6.45, 7) is 9.38. The lowest BCUT2D eigenvalue weighted by molar-refractivity contribution is -0.161. The Morgan fingerprint density at radius 2 is 0.622 bits per heavy atom. The number of carbonyl (C=O) groups excluding carboxylic acids is 4. The minimum Gasteiger partial charge on any atom is -0.462 e. The van der Waals surface area contributed by atoms with Crippen molar-refractivity contribution in [2.45, 2.75) is 330 Å². The van der Waals surface area contributed by atoms with Crippen molar-refractivity contribution in [3.63, 3.8) is 0 Å². The van der Waals surface area contributed by atoms with Crippen LogP contribution in [0.1, 0.15) is 311 Å². The summed E-state index contributed by atoms with van der Waals surface area (Å²) in [6.07, 6.45) is 38.1. The standard InChI is InChI=1S/C63H122O17P2/c1-7-10-12-14-26-35-41-47-62(67)79-58(51-73-60(65)45-39-31-13-11-8-2)53-77-81(69,70)75-49-57(64)50-76-82(71,72)78-54-59(52-74-61(66)46-40-34-29-25-24-28-33-38-44-56(6)9-3)80-63(68)48-42-36-30-23-21-19-17-15-16-18-20-22-27-32-37-43-55(4)5/h55-59,64H,7-54H2,1-6H3,(H,69,70)(H,71,72)/t56?,57-,58+,59+/m0/s1. The van der Waals surface area contributed by atoms with Crippen molar-refractivity contribution in [2.24, 2.45) is 11.8 Å². The number of rotatable bonds is 62. The topological polar surface area (TPSA) is 237 Å². The minimum absolute atomic E-state index is 0.103. The first-order valence-electron chi connectivity index (χ1n) is 33.0. The third-order valence-electron chi connectivity index (χ3n) is 14.8. The number of ether oxygens (including phenoxy) is 4. The van der Waals surface area contributed by atoms with Gasteiger partial charge in [0.05, 0.1) is 26.4 Å². The van der Waals surface area contributed by atoms with E-state index in [0.717, 1.165) is 121 Å². The fourth-order valence-electron chi connectivity index (χ4n) is 9.32. The molecule has 17 nitrogen and oxygen atoms in total. The Balaban J connectivity index is 5.13. The lowest BCUT2D eigenvalue weighted by Gasteiger charge is -2.21. The summed E-state index contributed by atoms with van der Waals surface area (Å²) in [5, 5.41) is 10.5. The highest BCUT2D eigenvalue weighted by Crippen LogP contribution is 2.45. The maximum absolute atomic E-state index is 13.0. The number of phosphoric ester groups is 2. The molecule has 0 heterocycles. The summed E-state index contributed by atoms with van der Waals surface area (Å²) >= 11 is 0. The van der Waals surface area contributed by atoms with E-state index in [9.17, 15) is 43.2 Å². The molecule has 0 aliphatic heterocycles. The van der Waals surface area contributed by atoms with E-state index < -0.39 is 97.5 Å². The molecule has 0 radical (unpaired) electrons. The highest BCUT2D eigenvalue weighted by atomic mass is 31.2. The van der Waals surface area contributed by atoms with Gasteiger partial charge in [-0.25, -0.2) is 9.13 Å². The zero-order chi connectivity index (χ0) is 60.8. The fourth-order valence-corrected chi connectivity index (χ4v) is 10.9. The van der Waals surface area contributed by atoms with E-state index in [-0.39, 0.29) is 25.7 Å². The first-order valence-corrected chi connectivity index (χ1v) is 36.0. The Morgan fingerprint density at radius 1 is 0.354 bits per heavy atom. The second-order valence-electron chi connectivity index (χ2n) is 23.5. The van der Waals surface area contributed by atoms with E-state index in [4.69, 9.17) is 37.0 Å². The van der Waals surface area contributed by atoms with Gasteiger partial charge in [-0.1, -0.05) is 260 Å². The van der Waals surface area contributed by atoms with Gasteiger partial charge in [0.15, 0.2) is 12.2 Å². The van der Waals surface area contributed by atoms with Crippen LogP contribution in [0.4, 0.5) is 0 Å². The third-order valence-corrected chi connectivity index (χ3v) is 16.7. The number of esters is 4. The van der Waals surface area contributed by atoms with Gasteiger partial charge in [0.25, 0.3) is 0 Å². The van der Waals surface area contributed by atoms with Crippen LogP contribution in [0.15, 0.2) is 0 Å². The number of unbranched alkanes of at least 4 members (excludes halogenated alkanes) is 31. The normalized spacial score (nSPS) is 14.7. The van der Waals surface area contributed by atoms with Crippen LogP contribution in [-0.4, -0.2) is 96.7 Å². The van der Waals surface area contributed by atoms with Crippen LogP contribution in [0.2, 0.25) is 0 Å². The van der Waals surface area contributed by atoms with Crippen LogP contribution in [0, 0.1) is 11.8 Å². The molecule has 0 saturated carbocycles. The van der Waals surface area contributed by atoms with Gasteiger partial charge in [-0.05, 0) is 37.5 Å². The van der Waals surface area contributed by atoms with Crippen molar-refractivity contribution in [3.05, 3.63) is 0 Å². The molecule has 0 aromatic heterocycles. The van der Waals surface area contributed by atoms with Crippen molar-refractivity contribution in [1.82, 2.24) is 0 Å². The summed E-state index contributed by atoms with van der Waals surface area (Å²) in [4.78, 5) is 71.8. The van der Waals surface area contributed by atoms with Crippen LogP contribution in [-0.2, 0) is 65.4 Å².